The Labute approximate surface area is 187 Å². The number of hydrogen-bond donors (Lipinski definition) is 1. The fourth-order valence-corrected chi connectivity index (χ4v) is 4.01. The van der Waals surface area contributed by atoms with Gasteiger partial charge in [0.2, 0.25) is 11.7 Å². The summed E-state index contributed by atoms with van der Waals surface area (Å²) in [5, 5.41) is 11.4. The topological polar surface area (TPSA) is 90.1 Å². The summed E-state index contributed by atoms with van der Waals surface area (Å²) < 4.78 is 10.7. The SMILES string of the molecule is Cc1nc(COc2ccccc2C(=O)Nc2nc(-c3ccc4ccccc4c3)cs2)no1. The fraction of sp³-hybridized carbons (Fsp3) is 0.0833. The van der Waals surface area contributed by atoms with Gasteiger partial charge in [-0.3, -0.25) is 10.1 Å². The van der Waals surface area contributed by atoms with Gasteiger partial charge < -0.3 is 9.26 Å². The highest BCUT2D eigenvalue weighted by atomic mass is 32.1. The normalized spacial score (nSPS) is 10.9. The number of fused-ring (bicyclic) bond motifs is 1. The van der Waals surface area contributed by atoms with Crippen molar-refractivity contribution in [2.24, 2.45) is 0 Å². The van der Waals surface area contributed by atoms with Crippen LogP contribution in [0.5, 0.6) is 5.75 Å². The number of amides is 1. The molecule has 0 saturated heterocycles. The van der Waals surface area contributed by atoms with Crippen LogP contribution in [0.1, 0.15) is 22.1 Å². The number of rotatable bonds is 6. The van der Waals surface area contributed by atoms with Gasteiger partial charge in [-0.15, -0.1) is 11.3 Å². The average Bonchev–Trinajstić information content (AvgIpc) is 3.46. The molecule has 2 aromatic heterocycles. The molecule has 0 unspecified atom stereocenters. The summed E-state index contributed by atoms with van der Waals surface area (Å²) in [7, 11) is 0. The lowest BCUT2D eigenvalue weighted by atomic mass is 10.1. The van der Waals surface area contributed by atoms with E-state index in [-0.39, 0.29) is 12.5 Å². The highest BCUT2D eigenvalue weighted by Gasteiger charge is 2.15. The predicted octanol–water partition coefficient (Wildman–Crippen LogP) is 5.49. The Hall–Kier alpha value is -4.04. The highest BCUT2D eigenvalue weighted by Crippen LogP contribution is 2.28. The summed E-state index contributed by atoms with van der Waals surface area (Å²) in [6.07, 6.45) is 0. The molecule has 7 nitrogen and oxygen atoms in total. The van der Waals surface area contributed by atoms with Crippen molar-refractivity contribution in [3.63, 3.8) is 0 Å². The molecule has 0 atom stereocenters. The Morgan fingerprint density at radius 3 is 2.69 bits per heavy atom. The van der Waals surface area contributed by atoms with Crippen molar-refractivity contribution in [3.8, 4) is 17.0 Å². The predicted molar refractivity (Wildman–Crippen MR) is 123 cm³/mol. The van der Waals surface area contributed by atoms with E-state index in [4.69, 9.17) is 9.26 Å². The quantitative estimate of drug-likeness (QED) is 0.374. The molecule has 0 aliphatic heterocycles. The third-order valence-corrected chi connectivity index (χ3v) is 5.59. The van der Waals surface area contributed by atoms with Gasteiger partial charge >= 0.3 is 0 Å². The summed E-state index contributed by atoms with van der Waals surface area (Å²) >= 11 is 1.38. The number of ether oxygens (including phenoxy) is 1. The van der Waals surface area contributed by atoms with Crippen molar-refractivity contribution in [3.05, 3.63) is 89.4 Å². The third-order valence-electron chi connectivity index (χ3n) is 4.83. The number of nitrogens with one attached hydrogen (secondary N) is 1. The molecule has 1 amide bonds. The molecule has 5 aromatic rings. The first-order chi connectivity index (χ1) is 15.7. The molecule has 0 aliphatic carbocycles. The zero-order valence-corrected chi connectivity index (χ0v) is 17.9. The maximum atomic E-state index is 12.9. The Morgan fingerprint density at radius 1 is 1.03 bits per heavy atom. The van der Waals surface area contributed by atoms with Crippen molar-refractivity contribution < 1.29 is 14.1 Å². The van der Waals surface area contributed by atoms with E-state index in [0.29, 0.717) is 28.2 Å². The number of benzene rings is 3. The molecule has 0 saturated carbocycles. The van der Waals surface area contributed by atoms with E-state index >= 15 is 0 Å². The van der Waals surface area contributed by atoms with E-state index in [1.54, 1.807) is 31.2 Å². The molecule has 0 radical (unpaired) electrons. The van der Waals surface area contributed by atoms with Crippen LogP contribution in [0.2, 0.25) is 0 Å². The van der Waals surface area contributed by atoms with E-state index in [1.165, 1.54) is 16.7 Å². The number of carbonyl (C=O) groups excluding carboxylic acids is 1. The van der Waals surface area contributed by atoms with Crippen LogP contribution in [0.25, 0.3) is 22.0 Å². The zero-order chi connectivity index (χ0) is 21.9. The number of aryl methyl sites for hydroxylation is 1. The first-order valence-electron chi connectivity index (χ1n) is 9.93. The molecule has 32 heavy (non-hydrogen) atoms. The summed E-state index contributed by atoms with van der Waals surface area (Å²) in [4.78, 5) is 21.6. The first kappa shape index (κ1) is 19.9. The molecule has 0 fully saturated rings. The van der Waals surface area contributed by atoms with Crippen LogP contribution in [0.3, 0.4) is 0 Å². The van der Waals surface area contributed by atoms with Gasteiger partial charge in [-0.1, -0.05) is 53.7 Å². The second-order valence-corrected chi connectivity index (χ2v) is 7.93. The van der Waals surface area contributed by atoms with Gasteiger partial charge in [-0.25, -0.2) is 4.98 Å². The molecule has 3 aromatic carbocycles. The molecular formula is C24H18N4O3S. The Kier molecular flexibility index (Phi) is 5.35. The monoisotopic (exact) mass is 442 g/mol. The Balaban J connectivity index is 1.32. The zero-order valence-electron chi connectivity index (χ0n) is 17.1. The Morgan fingerprint density at radius 2 is 1.84 bits per heavy atom. The maximum absolute atomic E-state index is 12.9. The van der Waals surface area contributed by atoms with Crippen LogP contribution in [0.15, 0.2) is 76.6 Å². The van der Waals surface area contributed by atoms with E-state index in [9.17, 15) is 4.79 Å². The number of nitrogens with zero attached hydrogens (tertiary/aromatic N) is 3. The number of thiazole rings is 1. The lowest BCUT2D eigenvalue weighted by molar-refractivity contribution is 0.102. The van der Waals surface area contributed by atoms with Crippen LogP contribution < -0.4 is 10.1 Å². The molecule has 158 valence electrons. The highest BCUT2D eigenvalue weighted by molar-refractivity contribution is 7.14. The van der Waals surface area contributed by atoms with Gasteiger partial charge in [0.25, 0.3) is 5.91 Å². The number of carbonyl (C=O) groups is 1. The van der Waals surface area contributed by atoms with Gasteiger partial charge in [0.05, 0.1) is 11.3 Å². The summed E-state index contributed by atoms with van der Waals surface area (Å²) in [6.45, 7) is 1.81. The molecule has 8 heteroatoms. The van der Waals surface area contributed by atoms with E-state index in [0.717, 1.165) is 16.6 Å². The summed E-state index contributed by atoms with van der Waals surface area (Å²) in [5.74, 6) is 1.00. The summed E-state index contributed by atoms with van der Waals surface area (Å²) in [6, 6.07) is 21.4. The minimum Gasteiger partial charge on any atom is -0.485 e. The van der Waals surface area contributed by atoms with Gasteiger partial charge in [0.15, 0.2) is 11.7 Å². The van der Waals surface area contributed by atoms with E-state index in [1.807, 2.05) is 23.6 Å². The number of anilines is 1. The minimum atomic E-state index is -0.302. The van der Waals surface area contributed by atoms with Gasteiger partial charge in [-0.05, 0) is 29.0 Å². The van der Waals surface area contributed by atoms with Crippen molar-refractivity contribution in [2.45, 2.75) is 13.5 Å². The number of aromatic nitrogens is 3. The van der Waals surface area contributed by atoms with Crippen LogP contribution >= 0.6 is 11.3 Å². The third kappa shape index (κ3) is 4.21. The largest absolute Gasteiger partial charge is 0.485 e. The van der Waals surface area contributed by atoms with Gasteiger partial charge in [0, 0.05) is 17.9 Å². The van der Waals surface area contributed by atoms with Gasteiger partial charge in [0.1, 0.15) is 5.75 Å². The van der Waals surface area contributed by atoms with Gasteiger partial charge in [-0.2, -0.15) is 4.98 Å². The maximum Gasteiger partial charge on any atom is 0.261 e. The standard InChI is InChI=1S/C24H18N4O3S/c1-15-25-22(28-31-15)13-30-21-9-5-4-8-19(21)23(29)27-24-26-20(14-32-24)18-11-10-16-6-2-3-7-17(16)12-18/h2-12,14H,13H2,1H3,(H,26,27,29). The number of para-hydroxylation sites is 1. The fourth-order valence-electron chi connectivity index (χ4n) is 3.30. The molecule has 1 N–H and O–H groups in total. The van der Waals surface area contributed by atoms with Crippen LogP contribution in [0.4, 0.5) is 5.13 Å². The summed E-state index contributed by atoms with van der Waals surface area (Å²) in [5.41, 5.74) is 2.21. The number of hydrogen-bond acceptors (Lipinski definition) is 7. The van der Waals surface area contributed by atoms with Crippen LogP contribution in [-0.2, 0) is 6.61 Å². The van der Waals surface area contributed by atoms with E-state index in [2.05, 4.69) is 44.7 Å². The lowest BCUT2D eigenvalue weighted by Crippen LogP contribution is -2.13. The van der Waals surface area contributed by atoms with Crippen molar-refractivity contribution in [2.75, 3.05) is 5.32 Å². The van der Waals surface area contributed by atoms with Crippen molar-refractivity contribution in [1.29, 1.82) is 0 Å². The molecule has 0 bridgehead atoms. The second kappa shape index (κ2) is 8.60. The molecule has 0 aliphatic rings. The molecule has 2 heterocycles. The minimum absolute atomic E-state index is 0.102. The Bertz CT molecular complexity index is 1410. The lowest BCUT2D eigenvalue weighted by Gasteiger charge is -2.09. The molecule has 0 spiro atoms. The molecular weight excluding hydrogens is 424 g/mol. The smallest absolute Gasteiger partial charge is 0.261 e. The van der Waals surface area contributed by atoms with Crippen LogP contribution in [0, 0.1) is 6.92 Å². The van der Waals surface area contributed by atoms with Crippen molar-refractivity contribution >= 4 is 33.1 Å². The van der Waals surface area contributed by atoms with E-state index < -0.39 is 0 Å². The van der Waals surface area contributed by atoms with Crippen LogP contribution in [-0.4, -0.2) is 21.0 Å². The molecule has 5 rings (SSSR count). The first-order valence-corrected chi connectivity index (χ1v) is 10.8. The second-order valence-electron chi connectivity index (χ2n) is 7.07. The van der Waals surface area contributed by atoms with Crippen molar-refractivity contribution in [1.82, 2.24) is 15.1 Å². The average molecular weight is 443 g/mol.